The van der Waals surface area contributed by atoms with Gasteiger partial charge >= 0.3 is 0 Å². The number of nitrogens with zero attached hydrogens (tertiary/aromatic N) is 2. The molecule has 0 unspecified atom stereocenters. The average molecular weight is 436 g/mol. The molecule has 0 spiro atoms. The maximum atomic E-state index is 9.48. The first-order valence-corrected chi connectivity index (χ1v) is 9.28. The van der Waals surface area contributed by atoms with Crippen molar-refractivity contribution >= 4 is 62.1 Å². The molecule has 118 valence electrons. The van der Waals surface area contributed by atoms with Crippen molar-refractivity contribution in [2.75, 3.05) is 0 Å². The molecule has 0 aliphatic rings. The predicted octanol–water partition coefficient (Wildman–Crippen LogP) is 6.94. The summed E-state index contributed by atoms with van der Waals surface area (Å²) in [6.45, 7) is 0. The van der Waals surface area contributed by atoms with Gasteiger partial charge in [0.1, 0.15) is 11.1 Å². The summed E-state index contributed by atoms with van der Waals surface area (Å²) in [5.41, 5.74) is 3.04. The molecule has 6 heteroatoms. The number of hydrogen-bond donors (Lipinski definition) is 0. The third-order valence-electron chi connectivity index (χ3n) is 3.26. The number of halogens is 3. The summed E-state index contributed by atoms with van der Waals surface area (Å²) >= 11 is 16.9. The number of allylic oxidation sites excluding steroid dienone is 1. The molecule has 1 aromatic heterocycles. The van der Waals surface area contributed by atoms with Gasteiger partial charge in [0, 0.05) is 25.5 Å². The summed E-state index contributed by atoms with van der Waals surface area (Å²) in [4.78, 5) is 4.57. The summed E-state index contributed by atoms with van der Waals surface area (Å²) in [7, 11) is 0. The lowest BCUT2D eigenvalue weighted by molar-refractivity contribution is 1.37. The van der Waals surface area contributed by atoms with Gasteiger partial charge in [0.05, 0.1) is 11.3 Å². The van der Waals surface area contributed by atoms with Gasteiger partial charge in [0.15, 0.2) is 0 Å². The molecule has 0 aliphatic heterocycles. The Balaban J connectivity index is 1.96. The molecule has 1 heterocycles. The minimum atomic E-state index is 0.465. The molecule has 0 radical (unpaired) electrons. The molecule has 0 bridgehead atoms. The van der Waals surface area contributed by atoms with Crippen molar-refractivity contribution in [2.45, 2.75) is 0 Å². The topological polar surface area (TPSA) is 36.7 Å². The van der Waals surface area contributed by atoms with Crippen LogP contribution in [0.5, 0.6) is 0 Å². The van der Waals surface area contributed by atoms with Gasteiger partial charge in [0.25, 0.3) is 0 Å². The normalized spacial score (nSPS) is 11.3. The van der Waals surface area contributed by atoms with Crippen LogP contribution in [0.15, 0.2) is 52.3 Å². The molecular formula is C18H9BrCl2N2S. The van der Waals surface area contributed by atoms with Crippen molar-refractivity contribution in [3.05, 3.63) is 72.9 Å². The molecule has 2 nitrogen and oxygen atoms in total. The van der Waals surface area contributed by atoms with Gasteiger partial charge in [-0.25, -0.2) is 4.98 Å². The van der Waals surface area contributed by atoms with Gasteiger partial charge < -0.3 is 0 Å². The van der Waals surface area contributed by atoms with Crippen LogP contribution in [-0.4, -0.2) is 4.98 Å². The van der Waals surface area contributed by atoms with Crippen LogP contribution >= 0.6 is 50.5 Å². The lowest BCUT2D eigenvalue weighted by Crippen LogP contribution is -1.84. The lowest BCUT2D eigenvalue weighted by Gasteiger charge is -2.00. The molecule has 0 saturated heterocycles. The molecule has 24 heavy (non-hydrogen) atoms. The second-order valence-electron chi connectivity index (χ2n) is 4.88. The number of hydrogen-bond acceptors (Lipinski definition) is 3. The van der Waals surface area contributed by atoms with Gasteiger partial charge in [-0.15, -0.1) is 11.3 Å². The number of rotatable bonds is 3. The predicted molar refractivity (Wildman–Crippen MR) is 105 cm³/mol. The van der Waals surface area contributed by atoms with Gasteiger partial charge in [-0.1, -0.05) is 57.3 Å². The van der Waals surface area contributed by atoms with Crippen molar-refractivity contribution in [1.29, 1.82) is 5.26 Å². The molecule has 0 amide bonds. The van der Waals surface area contributed by atoms with E-state index in [2.05, 4.69) is 27.0 Å². The van der Waals surface area contributed by atoms with Crippen LogP contribution in [0.4, 0.5) is 0 Å². The molecule has 0 saturated carbocycles. The molecular weight excluding hydrogens is 427 g/mol. The zero-order valence-electron chi connectivity index (χ0n) is 12.1. The van der Waals surface area contributed by atoms with Crippen LogP contribution in [-0.2, 0) is 0 Å². The van der Waals surface area contributed by atoms with Crippen LogP contribution in [0.1, 0.15) is 10.6 Å². The van der Waals surface area contributed by atoms with Crippen molar-refractivity contribution in [3.8, 4) is 17.3 Å². The Kier molecular flexibility index (Phi) is 5.37. The Labute approximate surface area is 162 Å². The van der Waals surface area contributed by atoms with Crippen molar-refractivity contribution in [2.24, 2.45) is 0 Å². The van der Waals surface area contributed by atoms with E-state index in [1.165, 1.54) is 11.3 Å². The van der Waals surface area contributed by atoms with Crippen molar-refractivity contribution in [1.82, 2.24) is 4.98 Å². The summed E-state index contributed by atoms with van der Waals surface area (Å²) in [6.07, 6.45) is 1.73. The largest absolute Gasteiger partial charge is 0.235 e. The highest BCUT2D eigenvalue weighted by Crippen LogP contribution is 2.30. The Bertz CT molecular complexity index is 956. The number of thiazole rings is 1. The maximum absolute atomic E-state index is 9.48. The van der Waals surface area contributed by atoms with Crippen molar-refractivity contribution in [3.63, 3.8) is 0 Å². The highest BCUT2D eigenvalue weighted by molar-refractivity contribution is 9.10. The second kappa shape index (κ2) is 7.50. The quantitative estimate of drug-likeness (QED) is 0.417. The molecule has 0 fully saturated rings. The van der Waals surface area contributed by atoms with Crippen LogP contribution < -0.4 is 0 Å². The SMILES string of the molecule is N#C/C(=C/c1ccc(Cl)cc1Cl)c1nc(-c2ccc(Br)cc2)cs1. The van der Waals surface area contributed by atoms with Crippen LogP contribution in [0.2, 0.25) is 10.0 Å². The molecule has 3 aromatic rings. The molecule has 3 rings (SSSR count). The van der Waals surface area contributed by atoms with Crippen LogP contribution in [0.25, 0.3) is 22.9 Å². The first kappa shape index (κ1) is 17.2. The zero-order valence-corrected chi connectivity index (χ0v) is 16.0. The van der Waals surface area contributed by atoms with E-state index in [0.717, 1.165) is 21.3 Å². The summed E-state index contributed by atoms with van der Waals surface area (Å²) in [5.74, 6) is 0. The monoisotopic (exact) mass is 434 g/mol. The molecule has 0 aliphatic carbocycles. The fraction of sp³-hybridized carbons (Fsp3) is 0. The Hall–Kier alpha value is -1.64. The van der Waals surface area contributed by atoms with Crippen molar-refractivity contribution < 1.29 is 0 Å². The zero-order chi connectivity index (χ0) is 17.1. The van der Waals surface area contributed by atoms with E-state index in [-0.39, 0.29) is 0 Å². The first-order chi connectivity index (χ1) is 11.6. The Morgan fingerprint density at radius 2 is 1.92 bits per heavy atom. The third kappa shape index (κ3) is 3.88. The fourth-order valence-corrected chi connectivity index (χ4v) is 3.59. The number of aromatic nitrogens is 1. The van der Waals surface area contributed by atoms with Gasteiger partial charge in [-0.3, -0.25) is 0 Å². The number of nitriles is 1. The summed E-state index contributed by atoms with van der Waals surface area (Å²) in [5, 5.41) is 13.1. The lowest BCUT2D eigenvalue weighted by atomic mass is 10.1. The fourth-order valence-electron chi connectivity index (χ4n) is 2.07. The van der Waals surface area contributed by atoms with E-state index >= 15 is 0 Å². The Morgan fingerprint density at radius 3 is 2.58 bits per heavy atom. The van der Waals surface area contributed by atoms with Gasteiger partial charge in [0.2, 0.25) is 0 Å². The van der Waals surface area contributed by atoms with Crippen LogP contribution in [0, 0.1) is 11.3 Å². The highest BCUT2D eigenvalue weighted by Gasteiger charge is 2.10. The second-order valence-corrected chi connectivity index (χ2v) is 7.50. The third-order valence-corrected chi connectivity index (χ3v) is 5.22. The summed E-state index contributed by atoms with van der Waals surface area (Å²) < 4.78 is 1.01. The smallest absolute Gasteiger partial charge is 0.134 e. The van der Waals surface area contributed by atoms with Gasteiger partial charge in [-0.05, 0) is 35.9 Å². The molecule has 2 aromatic carbocycles. The number of benzene rings is 2. The molecule has 0 atom stereocenters. The maximum Gasteiger partial charge on any atom is 0.134 e. The van der Waals surface area contributed by atoms with Gasteiger partial charge in [-0.2, -0.15) is 5.26 Å². The van der Waals surface area contributed by atoms with E-state index in [1.54, 1.807) is 24.3 Å². The van der Waals surface area contributed by atoms with E-state index in [4.69, 9.17) is 23.2 Å². The Morgan fingerprint density at radius 1 is 1.17 bits per heavy atom. The van der Waals surface area contributed by atoms with E-state index in [0.29, 0.717) is 20.6 Å². The average Bonchev–Trinajstić information content (AvgIpc) is 3.05. The minimum absolute atomic E-state index is 0.465. The van der Waals surface area contributed by atoms with Crippen LogP contribution in [0.3, 0.4) is 0 Å². The van der Waals surface area contributed by atoms with E-state index < -0.39 is 0 Å². The minimum Gasteiger partial charge on any atom is -0.235 e. The first-order valence-electron chi connectivity index (χ1n) is 6.85. The standard InChI is InChI=1S/C18H9BrCl2N2S/c19-14-4-1-11(2-5-14)17-10-24-18(23-17)13(9-22)7-12-3-6-15(20)8-16(12)21/h1-8,10H/b13-7-. The van der Waals surface area contributed by atoms with E-state index in [1.807, 2.05) is 29.6 Å². The summed E-state index contributed by atoms with van der Waals surface area (Å²) in [6, 6.07) is 15.3. The van der Waals surface area contributed by atoms with E-state index in [9.17, 15) is 5.26 Å². The highest BCUT2D eigenvalue weighted by atomic mass is 79.9. The molecule has 0 N–H and O–H groups in total.